The van der Waals surface area contributed by atoms with Gasteiger partial charge in [0.25, 0.3) is 5.91 Å². The van der Waals surface area contributed by atoms with Crippen LogP contribution in [0.1, 0.15) is 5.56 Å². The minimum Gasteiger partial charge on any atom is -0.484 e. The summed E-state index contributed by atoms with van der Waals surface area (Å²) in [5.74, 6) is -2.85. The summed E-state index contributed by atoms with van der Waals surface area (Å²) in [5, 5.41) is 2.68. The highest BCUT2D eigenvalue weighted by Crippen LogP contribution is 2.15. The number of rotatable bonds is 6. The first-order valence-corrected chi connectivity index (χ1v) is 7.53. The summed E-state index contributed by atoms with van der Waals surface area (Å²) in [6.07, 6.45) is 0. The smallest absolute Gasteiger partial charge is 0.260 e. The molecule has 5 nitrogen and oxygen atoms in total. The highest BCUT2D eigenvalue weighted by molar-refractivity contribution is 5.94. The lowest BCUT2D eigenvalue weighted by Crippen LogP contribution is -2.37. The Kier molecular flexibility index (Phi) is 6.05. The molecule has 7 heteroatoms. The standard InChI is InChI=1S/C18H18F2N2O3/c1-12-3-5-13(6-4-12)21-17(23)10-22(2)18(24)11-25-14-7-8-15(19)16(20)9-14/h3-9H,10-11H2,1-2H3,(H,21,23). The zero-order valence-corrected chi connectivity index (χ0v) is 13.9. The Morgan fingerprint density at radius 2 is 1.76 bits per heavy atom. The molecule has 0 unspecified atom stereocenters. The summed E-state index contributed by atoms with van der Waals surface area (Å²) in [6, 6.07) is 10.2. The predicted molar refractivity (Wildman–Crippen MR) is 89.3 cm³/mol. The van der Waals surface area contributed by atoms with E-state index in [1.807, 2.05) is 19.1 Å². The molecule has 25 heavy (non-hydrogen) atoms. The van der Waals surface area contributed by atoms with Gasteiger partial charge >= 0.3 is 0 Å². The van der Waals surface area contributed by atoms with Crippen molar-refractivity contribution in [1.29, 1.82) is 0 Å². The van der Waals surface area contributed by atoms with Crippen LogP contribution in [0.5, 0.6) is 5.75 Å². The molecular formula is C18H18F2N2O3. The van der Waals surface area contributed by atoms with Crippen LogP contribution in [0.25, 0.3) is 0 Å². The van der Waals surface area contributed by atoms with Gasteiger partial charge in [0, 0.05) is 18.8 Å². The van der Waals surface area contributed by atoms with Gasteiger partial charge in [-0.25, -0.2) is 8.78 Å². The van der Waals surface area contributed by atoms with Crippen LogP contribution in [-0.2, 0) is 9.59 Å². The van der Waals surface area contributed by atoms with E-state index < -0.39 is 17.5 Å². The van der Waals surface area contributed by atoms with Crippen molar-refractivity contribution in [2.24, 2.45) is 0 Å². The van der Waals surface area contributed by atoms with Crippen molar-refractivity contribution >= 4 is 17.5 Å². The second kappa shape index (κ2) is 8.23. The minimum atomic E-state index is -1.06. The zero-order valence-electron chi connectivity index (χ0n) is 13.9. The largest absolute Gasteiger partial charge is 0.484 e. The molecule has 1 N–H and O–H groups in total. The molecule has 0 aliphatic carbocycles. The summed E-state index contributed by atoms with van der Waals surface area (Å²) in [6.45, 7) is 1.39. The summed E-state index contributed by atoms with van der Waals surface area (Å²) >= 11 is 0. The number of halogens is 2. The van der Waals surface area contributed by atoms with E-state index in [0.29, 0.717) is 5.69 Å². The highest BCUT2D eigenvalue weighted by atomic mass is 19.2. The fourth-order valence-corrected chi connectivity index (χ4v) is 1.96. The highest BCUT2D eigenvalue weighted by Gasteiger charge is 2.14. The van der Waals surface area contributed by atoms with Gasteiger partial charge in [0.2, 0.25) is 5.91 Å². The molecule has 0 fully saturated rings. The number of anilines is 1. The quantitative estimate of drug-likeness (QED) is 0.873. The first-order valence-electron chi connectivity index (χ1n) is 7.53. The number of nitrogens with zero attached hydrogens (tertiary/aromatic N) is 1. The maximum atomic E-state index is 13.1. The maximum absolute atomic E-state index is 13.1. The Hall–Kier alpha value is -2.96. The number of ether oxygens (including phenoxy) is 1. The van der Waals surface area contributed by atoms with Crippen LogP contribution in [0.15, 0.2) is 42.5 Å². The molecule has 2 amide bonds. The lowest BCUT2D eigenvalue weighted by molar-refractivity contribution is -0.135. The lowest BCUT2D eigenvalue weighted by Gasteiger charge is -2.17. The van der Waals surface area contributed by atoms with Gasteiger partial charge in [0.1, 0.15) is 5.75 Å². The first kappa shape index (κ1) is 18.4. The van der Waals surface area contributed by atoms with Crippen LogP contribution in [0.3, 0.4) is 0 Å². The van der Waals surface area contributed by atoms with Gasteiger partial charge in [-0.2, -0.15) is 0 Å². The molecule has 2 aromatic carbocycles. The van der Waals surface area contributed by atoms with E-state index in [4.69, 9.17) is 4.74 Å². The molecule has 0 radical (unpaired) electrons. The molecule has 0 heterocycles. The average molecular weight is 348 g/mol. The lowest BCUT2D eigenvalue weighted by atomic mass is 10.2. The van der Waals surface area contributed by atoms with Crippen molar-refractivity contribution < 1.29 is 23.1 Å². The fourth-order valence-electron chi connectivity index (χ4n) is 1.96. The summed E-state index contributed by atoms with van der Waals surface area (Å²) in [5.41, 5.74) is 1.70. The number of nitrogens with one attached hydrogen (secondary N) is 1. The van der Waals surface area contributed by atoms with Crippen molar-refractivity contribution in [2.45, 2.75) is 6.92 Å². The number of hydrogen-bond acceptors (Lipinski definition) is 3. The molecule has 0 atom stereocenters. The van der Waals surface area contributed by atoms with E-state index in [2.05, 4.69) is 5.32 Å². The van der Waals surface area contributed by atoms with Gasteiger partial charge in [0.15, 0.2) is 18.2 Å². The molecular weight excluding hydrogens is 330 g/mol. The Labute approximate surface area is 144 Å². The number of carbonyl (C=O) groups excluding carboxylic acids is 2. The number of carbonyl (C=O) groups is 2. The molecule has 0 bridgehead atoms. The van der Waals surface area contributed by atoms with Gasteiger partial charge in [0.05, 0.1) is 6.54 Å². The van der Waals surface area contributed by atoms with E-state index in [9.17, 15) is 18.4 Å². The number of aryl methyl sites for hydroxylation is 1. The predicted octanol–water partition coefficient (Wildman–Crippen LogP) is 2.75. The summed E-state index contributed by atoms with van der Waals surface area (Å²) < 4.78 is 31.0. The maximum Gasteiger partial charge on any atom is 0.260 e. The van der Waals surface area contributed by atoms with Gasteiger partial charge in [-0.3, -0.25) is 9.59 Å². The minimum absolute atomic E-state index is 0.0322. The van der Waals surface area contributed by atoms with Gasteiger partial charge < -0.3 is 15.0 Å². The van der Waals surface area contributed by atoms with E-state index in [1.165, 1.54) is 18.0 Å². The number of amides is 2. The van der Waals surface area contributed by atoms with Gasteiger partial charge in [-0.05, 0) is 31.2 Å². The molecule has 0 saturated carbocycles. The van der Waals surface area contributed by atoms with Crippen LogP contribution in [0.4, 0.5) is 14.5 Å². The normalized spacial score (nSPS) is 10.2. The summed E-state index contributed by atoms with van der Waals surface area (Å²) in [7, 11) is 1.45. The van der Waals surface area contributed by atoms with E-state index in [1.54, 1.807) is 12.1 Å². The third-order valence-electron chi connectivity index (χ3n) is 3.40. The van der Waals surface area contributed by atoms with E-state index >= 15 is 0 Å². The van der Waals surface area contributed by atoms with Crippen LogP contribution >= 0.6 is 0 Å². The third-order valence-corrected chi connectivity index (χ3v) is 3.40. The molecule has 2 rings (SSSR count). The molecule has 132 valence electrons. The van der Waals surface area contributed by atoms with Crippen molar-refractivity contribution in [3.8, 4) is 5.75 Å². The zero-order chi connectivity index (χ0) is 18.4. The second-order valence-electron chi connectivity index (χ2n) is 5.53. The van der Waals surface area contributed by atoms with Gasteiger partial charge in [-0.1, -0.05) is 17.7 Å². The molecule has 0 aromatic heterocycles. The van der Waals surface area contributed by atoms with Crippen molar-refractivity contribution in [2.75, 3.05) is 25.5 Å². The first-order chi connectivity index (χ1) is 11.8. The topological polar surface area (TPSA) is 58.6 Å². The molecule has 2 aromatic rings. The average Bonchev–Trinajstić information content (AvgIpc) is 2.57. The number of benzene rings is 2. The fraction of sp³-hybridized carbons (Fsp3) is 0.222. The van der Waals surface area contributed by atoms with E-state index in [0.717, 1.165) is 17.7 Å². The van der Waals surface area contributed by atoms with Gasteiger partial charge in [-0.15, -0.1) is 0 Å². The number of hydrogen-bond donors (Lipinski definition) is 1. The molecule has 0 spiro atoms. The van der Waals surface area contributed by atoms with Crippen LogP contribution in [-0.4, -0.2) is 36.9 Å². The van der Waals surface area contributed by atoms with Crippen LogP contribution in [0, 0.1) is 18.6 Å². The third kappa shape index (κ3) is 5.56. The van der Waals surface area contributed by atoms with E-state index in [-0.39, 0.29) is 24.8 Å². The Morgan fingerprint density at radius 3 is 2.40 bits per heavy atom. The molecule has 0 aliphatic heterocycles. The number of likely N-dealkylation sites (N-methyl/N-ethyl adjacent to an activating group) is 1. The van der Waals surface area contributed by atoms with Crippen molar-refractivity contribution in [3.05, 3.63) is 59.7 Å². The molecule has 0 saturated heterocycles. The monoisotopic (exact) mass is 348 g/mol. The SMILES string of the molecule is Cc1ccc(NC(=O)CN(C)C(=O)COc2ccc(F)c(F)c2)cc1. The Balaban J connectivity index is 1.81. The Morgan fingerprint density at radius 1 is 1.08 bits per heavy atom. The van der Waals surface area contributed by atoms with Crippen LogP contribution < -0.4 is 10.1 Å². The second-order valence-corrected chi connectivity index (χ2v) is 5.53. The Bertz CT molecular complexity index is 763. The van der Waals surface area contributed by atoms with Crippen molar-refractivity contribution in [1.82, 2.24) is 4.90 Å². The van der Waals surface area contributed by atoms with Crippen LogP contribution in [0.2, 0.25) is 0 Å². The summed E-state index contributed by atoms with van der Waals surface area (Å²) in [4.78, 5) is 25.1. The molecule has 0 aliphatic rings. The van der Waals surface area contributed by atoms with Crippen molar-refractivity contribution in [3.63, 3.8) is 0 Å².